The molecule has 0 saturated carbocycles. The maximum absolute atomic E-state index is 12.0. The van der Waals surface area contributed by atoms with Gasteiger partial charge in [0.25, 0.3) is 0 Å². The van der Waals surface area contributed by atoms with Crippen molar-refractivity contribution in [1.82, 2.24) is 0 Å². The molecule has 0 bridgehead atoms. The summed E-state index contributed by atoms with van der Waals surface area (Å²) in [5, 5.41) is 19.9. The summed E-state index contributed by atoms with van der Waals surface area (Å²) < 4.78 is 5.90. The maximum atomic E-state index is 12.0. The van der Waals surface area contributed by atoms with E-state index in [9.17, 15) is 9.90 Å². The summed E-state index contributed by atoms with van der Waals surface area (Å²) in [6, 6.07) is 11.3. The number of phenolic OH excluding ortho intramolecular Hbond substituents is 1. The third-order valence-electron chi connectivity index (χ3n) is 4.44. The fraction of sp³-hybridized carbons (Fsp3) is 0.391. The number of halogens is 1. The van der Waals surface area contributed by atoms with Crippen LogP contribution in [0.3, 0.4) is 0 Å². The van der Waals surface area contributed by atoms with Crippen LogP contribution in [-0.2, 0) is 12.8 Å². The zero-order chi connectivity index (χ0) is 21.2. The van der Waals surface area contributed by atoms with Gasteiger partial charge in [0, 0.05) is 22.6 Å². The molecule has 2 aromatic rings. The Morgan fingerprint density at radius 1 is 1.28 bits per heavy atom. The Labute approximate surface area is 181 Å². The van der Waals surface area contributed by atoms with Crippen LogP contribution in [0, 0.1) is 11.3 Å². The van der Waals surface area contributed by atoms with Gasteiger partial charge in [-0.2, -0.15) is 5.26 Å². The molecule has 0 radical (unpaired) electrons. The largest absolute Gasteiger partial charge is 0.507 e. The molecule has 0 unspecified atom stereocenters. The summed E-state index contributed by atoms with van der Waals surface area (Å²) in [5.41, 5.74) is 1.99. The number of rotatable bonds is 11. The van der Waals surface area contributed by atoms with Gasteiger partial charge in [-0.3, -0.25) is 4.79 Å². The monoisotopic (exact) mass is 431 g/mol. The highest BCUT2D eigenvalue weighted by atomic mass is 35.5. The van der Waals surface area contributed by atoms with E-state index in [2.05, 4.69) is 6.07 Å². The SMILES string of the molecule is CCCc1c(OCCCSc2ccc(CC#N)cc2Cl)ccc(C(=O)CC)c1O. The minimum Gasteiger partial charge on any atom is -0.507 e. The number of Topliss-reactive ketones (excluding diaryl/α,β-unsaturated/α-hetero) is 1. The number of nitriles is 1. The number of benzene rings is 2. The van der Waals surface area contributed by atoms with Gasteiger partial charge in [0.2, 0.25) is 0 Å². The Bertz CT molecular complexity index is 892. The third-order valence-corrected chi connectivity index (χ3v) is 6.03. The Morgan fingerprint density at radius 3 is 2.72 bits per heavy atom. The molecular formula is C23H26ClNO3S. The van der Waals surface area contributed by atoms with E-state index >= 15 is 0 Å². The second kappa shape index (κ2) is 11.7. The fourth-order valence-electron chi connectivity index (χ4n) is 2.95. The number of carbonyl (C=O) groups excluding carboxylic acids is 1. The average molecular weight is 432 g/mol. The zero-order valence-electron chi connectivity index (χ0n) is 16.8. The first-order valence-electron chi connectivity index (χ1n) is 9.80. The van der Waals surface area contributed by atoms with Crippen LogP contribution in [-0.4, -0.2) is 23.2 Å². The van der Waals surface area contributed by atoms with E-state index in [-0.39, 0.29) is 11.5 Å². The van der Waals surface area contributed by atoms with E-state index in [0.717, 1.165) is 29.1 Å². The number of ether oxygens (including phenoxy) is 1. The van der Waals surface area contributed by atoms with Gasteiger partial charge in [-0.05, 0) is 42.7 Å². The number of hydrogen-bond acceptors (Lipinski definition) is 5. The van der Waals surface area contributed by atoms with E-state index in [1.807, 2.05) is 25.1 Å². The molecular weight excluding hydrogens is 406 g/mol. The van der Waals surface area contributed by atoms with Gasteiger partial charge < -0.3 is 9.84 Å². The Hall–Kier alpha value is -2.16. The van der Waals surface area contributed by atoms with Crippen LogP contribution in [0.5, 0.6) is 11.5 Å². The fourth-order valence-corrected chi connectivity index (χ4v) is 4.16. The number of phenols is 1. The third kappa shape index (κ3) is 6.42. The molecule has 0 aromatic heterocycles. The van der Waals surface area contributed by atoms with E-state index in [1.54, 1.807) is 30.8 Å². The normalized spacial score (nSPS) is 10.6. The first-order chi connectivity index (χ1) is 14.0. The van der Waals surface area contributed by atoms with Crippen molar-refractivity contribution in [3.8, 4) is 17.6 Å². The van der Waals surface area contributed by atoms with Crippen LogP contribution in [0.15, 0.2) is 35.2 Å². The molecule has 0 fully saturated rings. The molecule has 0 aliphatic heterocycles. The van der Waals surface area contributed by atoms with Crippen LogP contribution < -0.4 is 4.74 Å². The predicted octanol–water partition coefficient (Wildman–Crippen LogP) is 6.22. The molecule has 1 N–H and O–H groups in total. The van der Waals surface area contributed by atoms with Crippen LogP contribution in [0.1, 0.15) is 54.6 Å². The molecule has 154 valence electrons. The van der Waals surface area contributed by atoms with Crippen molar-refractivity contribution in [2.75, 3.05) is 12.4 Å². The van der Waals surface area contributed by atoms with Gasteiger partial charge in [0.05, 0.1) is 29.7 Å². The number of nitrogens with zero attached hydrogens (tertiary/aromatic N) is 1. The van der Waals surface area contributed by atoms with E-state index < -0.39 is 0 Å². The summed E-state index contributed by atoms with van der Waals surface area (Å²) in [4.78, 5) is 13.0. The minimum absolute atomic E-state index is 0.0508. The Balaban J connectivity index is 1.93. The highest BCUT2D eigenvalue weighted by Crippen LogP contribution is 2.34. The summed E-state index contributed by atoms with van der Waals surface area (Å²) >= 11 is 7.93. The molecule has 0 saturated heterocycles. The van der Waals surface area contributed by atoms with Crippen molar-refractivity contribution < 1.29 is 14.6 Å². The van der Waals surface area contributed by atoms with Crippen molar-refractivity contribution in [3.05, 3.63) is 52.0 Å². The highest BCUT2D eigenvalue weighted by molar-refractivity contribution is 7.99. The molecule has 4 nitrogen and oxygen atoms in total. The van der Waals surface area contributed by atoms with Crippen molar-refractivity contribution in [3.63, 3.8) is 0 Å². The molecule has 2 aromatic carbocycles. The Morgan fingerprint density at radius 2 is 2.07 bits per heavy atom. The van der Waals surface area contributed by atoms with Gasteiger partial charge in [-0.1, -0.05) is 37.9 Å². The minimum atomic E-state index is -0.0690. The van der Waals surface area contributed by atoms with Crippen molar-refractivity contribution in [2.24, 2.45) is 0 Å². The first kappa shape index (κ1) is 23.1. The molecule has 0 aliphatic carbocycles. The second-order valence-electron chi connectivity index (χ2n) is 6.62. The molecule has 0 atom stereocenters. The van der Waals surface area contributed by atoms with Gasteiger partial charge in [-0.15, -0.1) is 11.8 Å². The van der Waals surface area contributed by atoms with Crippen LogP contribution in [0.25, 0.3) is 0 Å². The van der Waals surface area contributed by atoms with Crippen LogP contribution in [0.4, 0.5) is 0 Å². The number of carbonyl (C=O) groups is 1. The zero-order valence-corrected chi connectivity index (χ0v) is 18.4. The second-order valence-corrected chi connectivity index (χ2v) is 8.16. The standard InChI is InChI=1S/C23H26ClNO3S/c1-3-6-18-21(9-8-17(23(18)27)20(26)4-2)28-13-5-14-29-22-10-7-16(11-12-25)15-19(22)24/h7-10,15,27H,3-6,11,13-14H2,1-2H3. The topological polar surface area (TPSA) is 70.3 Å². The molecule has 2 rings (SSSR count). The Kier molecular flexibility index (Phi) is 9.37. The van der Waals surface area contributed by atoms with Gasteiger partial charge in [0.1, 0.15) is 11.5 Å². The number of thioether (sulfide) groups is 1. The highest BCUT2D eigenvalue weighted by Gasteiger charge is 2.17. The number of ketones is 1. The van der Waals surface area contributed by atoms with E-state index in [1.165, 1.54) is 0 Å². The first-order valence-corrected chi connectivity index (χ1v) is 11.2. The van der Waals surface area contributed by atoms with Crippen molar-refractivity contribution in [2.45, 2.75) is 50.8 Å². The molecule has 0 aliphatic rings. The molecule has 0 heterocycles. The van der Waals surface area contributed by atoms with Crippen LogP contribution in [0.2, 0.25) is 5.02 Å². The van der Waals surface area contributed by atoms with E-state index in [0.29, 0.717) is 47.8 Å². The van der Waals surface area contributed by atoms with Crippen LogP contribution >= 0.6 is 23.4 Å². The lowest BCUT2D eigenvalue weighted by Gasteiger charge is -2.15. The molecule has 29 heavy (non-hydrogen) atoms. The van der Waals surface area contributed by atoms with Gasteiger partial charge >= 0.3 is 0 Å². The summed E-state index contributed by atoms with van der Waals surface area (Å²) in [6.07, 6.45) is 3.03. The summed E-state index contributed by atoms with van der Waals surface area (Å²) in [6.45, 7) is 4.32. The molecule has 0 amide bonds. The van der Waals surface area contributed by atoms with Crippen molar-refractivity contribution >= 4 is 29.1 Å². The summed E-state index contributed by atoms with van der Waals surface area (Å²) in [7, 11) is 0. The van der Waals surface area contributed by atoms with Gasteiger partial charge in [-0.25, -0.2) is 0 Å². The smallest absolute Gasteiger partial charge is 0.166 e. The lowest BCUT2D eigenvalue weighted by molar-refractivity contribution is 0.0985. The lowest BCUT2D eigenvalue weighted by atomic mass is 10.00. The van der Waals surface area contributed by atoms with E-state index in [4.69, 9.17) is 21.6 Å². The predicted molar refractivity (Wildman–Crippen MR) is 118 cm³/mol. The lowest BCUT2D eigenvalue weighted by Crippen LogP contribution is -2.05. The number of hydrogen-bond donors (Lipinski definition) is 1. The van der Waals surface area contributed by atoms with Crippen molar-refractivity contribution in [1.29, 1.82) is 5.26 Å². The number of aromatic hydroxyl groups is 1. The molecule has 0 spiro atoms. The quantitative estimate of drug-likeness (QED) is 0.260. The maximum Gasteiger partial charge on any atom is 0.166 e. The molecule has 6 heteroatoms. The summed E-state index contributed by atoms with van der Waals surface area (Å²) in [5.74, 6) is 1.45. The van der Waals surface area contributed by atoms with Gasteiger partial charge in [0.15, 0.2) is 5.78 Å². The average Bonchev–Trinajstić information content (AvgIpc) is 2.71.